The summed E-state index contributed by atoms with van der Waals surface area (Å²) in [4.78, 5) is 27.4. The molecule has 1 heterocycles. The van der Waals surface area contributed by atoms with Gasteiger partial charge < -0.3 is 4.74 Å². The van der Waals surface area contributed by atoms with E-state index in [1.165, 1.54) is 13.3 Å². The van der Waals surface area contributed by atoms with Gasteiger partial charge in [0, 0.05) is 22.4 Å². The van der Waals surface area contributed by atoms with Gasteiger partial charge in [0.05, 0.1) is 7.11 Å². The minimum Gasteiger partial charge on any atom is -0.468 e. The van der Waals surface area contributed by atoms with Crippen LogP contribution in [0.3, 0.4) is 0 Å². The van der Waals surface area contributed by atoms with Gasteiger partial charge in [-0.15, -0.1) is 0 Å². The lowest BCUT2D eigenvalue weighted by atomic mass is 9.84. The van der Waals surface area contributed by atoms with Crippen molar-refractivity contribution in [2.45, 2.75) is 12.8 Å². The number of methoxy groups -OCH3 is 1. The van der Waals surface area contributed by atoms with E-state index in [1.807, 2.05) is 0 Å². The lowest BCUT2D eigenvalue weighted by Crippen LogP contribution is -2.30. The molecule has 1 aromatic heterocycles. The largest absolute Gasteiger partial charge is 0.468 e. The van der Waals surface area contributed by atoms with Gasteiger partial charge >= 0.3 is 5.97 Å². The van der Waals surface area contributed by atoms with Crippen molar-refractivity contribution in [3.63, 3.8) is 0 Å². The Bertz CT molecular complexity index is 459. The summed E-state index contributed by atoms with van der Waals surface area (Å²) >= 11 is 3.35. The van der Waals surface area contributed by atoms with Gasteiger partial charge in [0.25, 0.3) is 0 Å². The van der Waals surface area contributed by atoms with Crippen LogP contribution in [0.2, 0.25) is 0 Å². The SMILES string of the molecule is COC(=O)[C@H]1CCc2c(Br)cncc2C1=O. The zero-order valence-corrected chi connectivity index (χ0v) is 10.3. The number of esters is 1. The number of Topliss-reactive ketones (excluding diaryl/α,β-unsaturated/α-hetero) is 1. The molecule has 1 atom stereocenters. The highest BCUT2D eigenvalue weighted by Gasteiger charge is 2.34. The van der Waals surface area contributed by atoms with E-state index in [-0.39, 0.29) is 5.78 Å². The van der Waals surface area contributed by atoms with Gasteiger partial charge in [-0.05, 0) is 34.3 Å². The fourth-order valence-corrected chi connectivity index (χ4v) is 2.43. The van der Waals surface area contributed by atoms with Gasteiger partial charge in [0.15, 0.2) is 5.78 Å². The van der Waals surface area contributed by atoms with Gasteiger partial charge in [0.2, 0.25) is 0 Å². The minimum absolute atomic E-state index is 0.193. The molecule has 1 aromatic rings. The van der Waals surface area contributed by atoms with Crippen LogP contribution in [0.1, 0.15) is 22.3 Å². The molecule has 84 valence electrons. The molecule has 0 spiro atoms. The van der Waals surface area contributed by atoms with E-state index in [4.69, 9.17) is 0 Å². The van der Waals surface area contributed by atoms with Crippen molar-refractivity contribution in [2.24, 2.45) is 5.92 Å². The third-order valence-corrected chi connectivity index (χ3v) is 3.44. The van der Waals surface area contributed by atoms with E-state index in [9.17, 15) is 9.59 Å². The number of nitrogens with zero attached hydrogens (tertiary/aromatic N) is 1. The Balaban J connectivity index is 2.40. The molecule has 4 nitrogen and oxygen atoms in total. The summed E-state index contributed by atoms with van der Waals surface area (Å²) in [5, 5.41) is 0. The van der Waals surface area contributed by atoms with Crippen molar-refractivity contribution in [1.29, 1.82) is 0 Å². The maximum absolute atomic E-state index is 12.0. The zero-order valence-electron chi connectivity index (χ0n) is 8.70. The molecule has 5 heteroatoms. The lowest BCUT2D eigenvalue weighted by Gasteiger charge is -2.21. The van der Waals surface area contributed by atoms with E-state index in [0.29, 0.717) is 18.4 Å². The third-order valence-electron chi connectivity index (χ3n) is 2.76. The van der Waals surface area contributed by atoms with Crippen LogP contribution >= 0.6 is 15.9 Å². The van der Waals surface area contributed by atoms with Gasteiger partial charge in [-0.1, -0.05) is 0 Å². The molecule has 0 radical (unpaired) electrons. The van der Waals surface area contributed by atoms with E-state index in [1.54, 1.807) is 6.20 Å². The molecule has 1 aliphatic rings. The first-order valence-corrected chi connectivity index (χ1v) is 5.69. The average molecular weight is 284 g/mol. The average Bonchev–Trinajstić information content (AvgIpc) is 2.30. The van der Waals surface area contributed by atoms with Crippen molar-refractivity contribution in [3.05, 3.63) is 28.0 Å². The van der Waals surface area contributed by atoms with Crippen LogP contribution in [0, 0.1) is 5.92 Å². The molecule has 0 aliphatic heterocycles. The van der Waals surface area contributed by atoms with Crippen LogP contribution in [0.5, 0.6) is 0 Å². The molecule has 0 amide bonds. The number of aromatic nitrogens is 1. The molecule has 0 saturated carbocycles. The summed E-state index contributed by atoms with van der Waals surface area (Å²) in [6.07, 6.45) is 4.35. The lowest BCUT2D eigenvalue weighted by molar-refractivity contribution is -0.143. The molecular weight excluding hydrogens is 274 g/mol. The first kappa shape index (κ1) is 11.3. The van der Waals surface area contributed by atoms with Gasteiger partial charge in [0.1, 0.15) is 5.92 Å². The monoisotopic (exact) mass is 283 g/mol. The van der Waals surface area contributed by atoms with Crippen LogP contribution in [0.25, 0.3) is 0 Å². The predicted octanol–water partition coefficient (Wildman–Crippen LogP) is 1.76. The van der Waals surface area contributed by atoms with E-state index < -0.39 is 11.9 Å². The van der Waals surface area contributed by atoms with Gasteiger partial charge in [-0.25, -0.2) is 0 Å². The highest BCUT2D eigenvalue weighted by Crippen LogP contribution is 2.30. The number of carbonyl (C=O) groups is 2. The number of rotatable bonds is 1. The fraction of sp³-hybridized carbons (Fsp3) is 0.364. The number of halogens is 1. The minimum atomic E-state index is -0.673. The number of hydrogen-bond donors (Lipinski definition) is 0. The summed E-state index contributed by atoms with van der Waals surface area (Å²) in [6.45, 7) is 0. The maximum atomic E-state index is 12.0. The number of ketones is 1. The van der Waals surface area contributed by atoms with Crippen molar-refractivity contribution < 1.29 is 14.3 Å². The number of fused-ring (bicyclic) bond motifs is 1. The summed E-state index contributed by atoms with van der Waals surface area (Å²) in [7, 11) is 1.30. The first-order chi connectivity index (χ1) is 7.65. The van der Waals surface area contributed by atoms with Crippen LogP contribution in [0.4, 0.5) is 0 Å². The second kappa shape index (κ2) is 4.33. The Kier molecular flexibility index (Phi) is 3.05. The van der Waals surface area contributed by atoms with Crippen LogP contribution < -0.4 is 0 Å². The van der Waals surface area contributed by atoms with Crippen molar-refractivity contribution in [2.75, 3.05) is 7.11 Å². The highest BCUT2D eigenvalue weighted by molar-refractivity contribution is 9.10. The normalized spacial score (nSPS) is 19.1. The quantitative estimate of drug-likeness (QED) is 0.582. The van der Waals surface area contributed by atoms with Crippen LogP contribution in [-0.2, 0) is 16.0 Å². The van der Waals surface area contributed by atoms with E-state index >= 15 is 0 Å². The number of hydrogen-bond acceptors (Lipinski definition) is 4. The summed E-state index contributed by atoms with van der Waals surface area (Å²) in [5.41, 5.74) is 1.45. The summed E-state index contributed by atoms with van der Waals surface area (Å²) < 4.78 is 5.43. The smallest absolute Gasteiger partial charge is 0.316 e. The van der Waals surface area contributed by atoms with Crippen LogP contribution in [-0.4, -0.2) is 23.8 Å². The first-order valence-electron chi connectivity index (χ1n) is 4.89. The van der Waals surface area contributed by atoms with Crippen molar-refractivity contribution in [3.8, 4) is 0 Å². The Labute approximate surface area is 101 Å². The number of pyridine rings is 1. The van der Waals surface area contributed by atoms with Crippen molar-refractivity contribution in [1.82, 2.24) is 4.98 Å². The van der Waals surface area contributed by atoms with Crippen molar-refractivity contribution >= 4 is 27.7 Å². The topological polar surface area (TPSA) is 56.3 Å². The zero-order chi connectivity index (χ0) is 11.7. The molecule has 0 aromatic carbocycles. The molecule has 0 saturated heterocycles. The molecule has 2 rings (SSSR count). The summed E-state index contributed by atoms with van der Waals surface area (Å²) in [6, 6.07) is 0. The predicted molar refractivity (Wildman–Crippen MR) is 60.1 cm³/mol. The Hall–Kier alpha value is -1.23. The highest BCUT2D eigenvalue weighted by atomic mass is 79.9. The number of ether oxygens (including phenoxy) is 1. The molecule has 16 heavy (non-hydrogen) atoms. The second-order valence-corrected chi connectivity index (χ2v) is 4.48. The molecule has 1 aliphatic carbocycles. The van der Waals surface area contributed by atoms with E-state index in [0.717, 1.165) is 10.0 Å². The second-order valence-electron chi connectivity index (χ2n) is 3.63. The fourth-order valence-electron chi connectivity index (χ4n) is 1.90. The number of carbonyl (C=O) groups excluding carboxylic acids is 2. The van der Waals surface area contributed by atoms with Gasteiger partial charge in [-0.2, -0.15) is 0 Å². The molecule has 0 unspecified atom stereocenters. The van der Waals surface area contributed by atoms with E-state index in [2.05, 4.69) is 25.7 Å². The Morgan fingerprint density at radius 2 is 2.31 bits per heavy atom. The standard InChI is InChI=1S/C11H10BrNO3/c1-16-11(15)7-3-2-6-8(10(7)14)4-13-5-9(6)12/h4-5,7H,2-3H2,1H3/t7-/m0/s1. The third kappa shape index (κ3) is 1.75. The molecule has 0 fully saturated rings. The van der Waals surface area contributed by atoms with Crippen LogP contribution in [0.15, 0.2) is 16.9 Å². The molecule has 0 N–H and O–H groups in total. The van der Waals surface area contributed by atoms with Gasteiger partial charge in [-0.3, -0.25) is 14.6 Å². The Morgan fingerprint density at radius 1 is 1.56 bits per heavy atom. The maximum Gasteiger partial charge on any atom is 0.316 e. The summed E-state index contributed by atoms with van der Waals surface area (Å²) in [5.74, 6) is -1.33. The Morgan fingerprint density at radius 3 is 3.00 bits per heavy atom. The molecule has 0 bridgehead atoms. The molecular formula is C11H10BrNO3.